The van der Waals surface area contributed by atoms with Gasteiger partial charge in [-0.25, -0.2) is 4.98 Å². The lowest BCUT2D eigenvalue weighted by Gasteiger charge is -2.14. The number of hydrogen-bond donors (Lipinski definition) is 2. The fraction of sp³-hybridized carbons (Fsp3) is 0.150. The number of rotatable bonds is 3. The van der Waals surface area contributed by atoms with Crippen LogP contribution in [0.1, 0.15) is 27.2 Å². The van der Waals surface area contributed by atoms with Crippen molar-refractivity contribution in [1.82, 2.24) is 9.97 Å². The minimum absolute atomic E-state index is 0.0584. The smallest absolute Gasteiger partial charge is 0.322 e. The van der Waals surface area contributed by atoms with Gasteiger partial charge < -0.3 is 10.3 Å². The molecule has 0 spiro atoms. The second kappa shape index (κ2) is 7.89. The van der Waals surface area contributed by atoms with Gasteiger partial charge in [-0.3, -0.25) is 9.59 Å². The Morgan fingerprint density at radius 2 is 1.55 bits per heavy atom. The average Bonchev–Trinajstić information content (AvgIpc) is 2.65. The first kappa shape index (κ1) is 22.1. The number of aryl methyl sites for hydroxylation is 1. The number of anilines is 1. The van der Waals surface area contributed by atoms with Gasteiger partial charge in [0.25, 0.3) is 11.5 Å². The zero-order chi connectivity index (χ0) is 23.0. The van der Waals surface area contributed by atoms with Gasteiger partial charge in [-0.1, -0.05) is 12.1 Å². The number of aromatic nitrogens is 2. The Labute approximate surface area is 170 Å². The molecule has 1 amide bonds. The van der Waals surface area contributed by atoms with Gasteiger partial charge in [-0.05, 0) is 37.3 Å². The Kier molecular flexibility index (Phi) is 5.62. The summed E-state index contributed by atoms with van der Waals surface area (Å²) in [5, 5.41) is 2.26. The largest absolute Gasteiger partial charge is 0.416 e. The molecule has 0 fully saturated rings. The molecule has 11 heteroatoms. The van der Waals surface area contributed by atoms with E-state index in [0.717, 1.165) is 0 Å². The molecule has 0 atom stereocenters. The maximum atomic E-state index is 13.0. The molecule has 0 saturated carbocycles. The summed E-state index contributed by atoms with van der Waals surface area (Å²) >= 11 is 0. The maximum absolute atomic E-state index is 13.0. The van der Waals surface area contributed by atoms with Crippen LogP contribution in [0.4, 0.5) is 32.0 Å². The molecule has 2 N–H and O–H groups in total. The van der Waals surface area contributed by atoms with Crippen LogP contribution in [0, 0.1) is 6.92 Å². The van der Waals surface area contributed by atoms with Crippen LogP contribution in [0.3, 0.4) is 0 Å². The molecular formula is C20H13F6N3O2. The highest BCUT2D eigenvalue weighted by Crippen LogP contribution is 2.36. The first-order valence-electron chi connectivity index (χ1n) is 8.62. The SMILES string of the molecule is Cc1cc(=O)[nH]c(-c2cccc(NC(=O)c3cc(C(F)(F)F)cc(C(F)(F)F)c3)c2)n1. The van der Waals surface area contributed by atoms with Crippen LogP contribution in [0.15, 0.2) is 53.3 Å². The van der Waals surface area contributed by atoms with E-state index in [2.05, 4.69) is 15.3 Å². The lowest BCUT2D eigenvalue weighted by Crippen LogP contribution is -2.17. The van der Waals surface area contributed by atoms with Crippen molar-refractivity contribution in [2.24, 2.45) is 0 Å². The Morgan fingerprint density at radius 1 is 0.935 bits per heavy atom. The van der Waals surface area contributed by atoms with Gasteiger partial charge in [0.1, 0.15) is 5.82 Å². The molecule has 0 unspecified atom stereocenters. The summed E-state index contributed by atoms with van der Waals surface area (Å²) in [5.41, 5.74) is -3.53. The van der Waals surface area contributed by atoms with Crippen LogP contribution in [-0.4, -0.2) is 15.9 Å². The number of halogens is 6. The molecule has 2 aromatic carbocycles. The number of amides is 1. The quantitative estimate of drug-likeness (QED) is 0.560. The van der Waals surface area contributed by atoms with E-state index < -0.39 is 40.5 Å². The summed E-state index contributed by atoms with van der Waals surface area (Å²) in [6.07, 6.45) is -10.1. The number of carbonyl (C=O) groups excluding carboxylic acids is 1. The molecular weight excluding hydrogens is 428 g/mol. The molecule has 0 aliphatic heterocycles. The first-order valence-corrected chi connectivity index (χ1v) is 8.62. The normalized spacial score (nSPS) is 12.0. The predicted molar refractivity (Wildman–Crippen MR) is 99.4 cm³/mol. The van der Waals surface area contributed by atoms with Crippen molar-refractivity contribution in [3.8, 4) is 11.4 Å². The molecule has 0 radical (unpaired) electrons. The molecule has 0 bridgehead atoms. The molecule has 31 heavy (non-hydrogen) atoms. The van der Waals surface area contributed by atoms with Gasteiger partial charge in [-0.15, -0.1) is 0 Å². The number of nitrogens with one attached hydrogen (secondary N) is 2. The van der Waals surface area contributed by atoms with Crippen LogP contribution in [0.25, 0.3) is 11.4 Å². The summed E-state index contributed by atoms with van der Waals surface area (Å²) in [4.78, 5) is 30.7. The molecule has 0 aliphatic rings. The average molecular weight is 441 g/mol. The van der Waals surface area contributed by atoms with E-state index in [0.29, 0.717) is 23.4 Å². The highest BCUT2D eigenvalue weighted by molar-refractivity contribution is 6.04. The molecule has 1 heterocycles. The fourth-order valence-electron chi connectivity index (χ4n) is 2.75. The Morgan fingerprint density at radius 3 is 2.10 bits per heavy atom. The second-order valence-corrected chi connectivity index (χ2v) is 6.56. The van der Waals surface area contributed by atoms with Crippen LogP contribution in [-0.2, 0) is 12.4 Å². The fourth-order valence-corrected chi connectivity index (χ4v) is 2.75. The molecule has 0 aliphatic carbocycles. The highest BCUT2D eigenvalue weighted by atomic mass is 19.4. The molecule has 3 aromatic rings. The van der Waals surface area contributed by atoms with E-state index in [9.17, 15) is 35.9 Å². The van der Waals surface area contributed by atoms with E-state index in [1.165, 1.54) is 24.3 Å². The van der Waals surface area contributed by atoms with E-state index in [1.807, 2.05) is 0 Å². The predicted octanol–water partition coefficient (Wildman–Crippen LogP) is 5.04. The minimum atomic E-state index is -5.07. The van der Waals surface area contributed by atoms with E-state index in [1.54, 1.807) is 13.0 Å². The number of hydrogen-bond acceptors (Lipinski definition) is 3. The van der Waals surface area contributed by atoms with E-state index in [4.69, 9.17) is 0 Å². The topological polar surface area (TPSA) is 74.8 Å². The van der Waals surface area contributed by atoms with Crippen LogP contribution >= 0.6 is 0 Å². The zero-order valence-corrected chi connectivity index (χ0v) is 15.7. The second-order valence-electron chi connectivity index (χ2n) is 6.56. The van der Waals surface area contributed by atoms with Crippen molar-refractivity contribution in [3.05, 3.63) is 81.3 Å². The molecule has 162 valence electrons. The standard InChI is InChI=1S/C20H13F6N3O2/c1-10-5-16(30)29-17(27-10)11-3-2-4-15(8-11)28-18(31)12-6-13(19(21,22)23)9-14(7-12)20(24,25)26/h2-9H,1H3,(H,28,31)(H,27,29,30). The molecule has 3 rings (SSSR count). The third-order valence-corrected chi connectivity index (χ3v) is 4.11. The van der Waals surface area contributed by atoms with Crippen LogP contribution < -0.4 is 10.9 Å². The lowest BCUT2D eigenvalue weighted by atomic mass is 10.0. The van der Waals surface area contributed by atoms with Crippen molar-refractivity contribution in [3.63, 3.8) is 0 Å². The van der Waals surface area contributed by atoms with Gasteiger partial charge in [0.15, 0.2) is 0 Å². The van der Waals surface area contributed by atoms with Crippen molar-refractivity contribution in [2.75, 3.05) is 5.32 Å². The van der Waals surface area contributed by atoms with Gasteiger partial charge >= 0.3 is 12.4 Å². The number of H-pyrrole nitrogens is 1. The summed E-state index contributed by atoms with van der Waals surface area (Å²) in [6, 6.07) is 7.67. The Balaban J connectivity index is 1.96. The van der Waals surface area contributed by atoms with E-state index >= 15 is 0 Å². The van der Waals surface area contributed by atoms with Crippen LogP contribution in [0.5, 0.6) is 0 Å². The number of carbonyl (C=O) groups is 1. The molecule has 0 saturated heterocycles. The van der Waals surface area contributed by atoms with Crippen molar-refractivity contribution in [1.29, 1.82) is 0 Å². The molecule has 1 aromatic heterocycles. The monoisotopic (exact) mass is 441 g/mol. The van der Waals surface area contributed by atoms with Crippen molar-refractivity contribution >= 4 is 11.6 Å². The third kappa shape index (κ3) is 5.30. The summed E-state index contributed by atoms with van der Waals surface area (Å²) in [6.45, 7) is 1.59. The van der Waals surface area contributed by atoms with Crippen molar-refractivity contribution in [2.45, 2.75) is 19.3 Å². The van der Waals surface area contributed by atoms with Gasteiger partial charge in [0.05, 0.1) is 11.1 Å². The lowest BCUT2D eigenvalue weighted by molar-refractivity contribution is -0.143. The van der Waals surface area contributed by atoms with Crippen LogP contribution in [0.2, 0.25) is 0 Å². The maximum Gasteiger partial charge on any atom is 0.416 e. The van der Waals surface area contributed by atoms with Gasteiger partial charge in [0, 0.05) is 28.6 Å². The minimum Gasteiger partial charge on any atom is -0.322 e. The van der Waals surface area contributed by atoms with Crippen molar-refractivity contribution < 1.29 is 31.1 Å². The number of benzene rings is 2. The Bertz CT molecular complexity index is 1170. The highest BCUT2D eigenvalue weighted by Gasteiger charge is 2.37. The van der Waals surface area contributed by atoms with E-state index in [-0.39, 0.29) is 17.6 Å². The number of alkyl halides is 6. The number of aromatic amines is 1. The zero-order valence-electron chi connectivity index (χ0n) is 15.7. The Hall–Kier alpha value is -3.63. The third-order valence-electron chi connectivity index (χ3n) is 4.11. The summed E-state index contributed by atoms with van der Waals surface area (Å²) in [5.74, 6) is -0.987. The van der Waals surface area contributed by atoms with Gasteiger partial charge in [-0.2, -0.15) is 26.3 Å². The molecule has 5 nitrogen and oxygen atoms in total. The van der Waals surface area contributed by atoms with Gasteiger partial charge in [0.2, 0.25) is 0 Å². The first-order chi connectivity index (χ1) is 14.3. The summed E-state index contributed by atoms with van der Waals surface area (Å²) in [7, 11) is 0. The number of nitrogens with zero attached hydrogens (tertiary/aromatic N) is 1. The summed E-state index contributed by atoms with van der Waals surface area (Å²) < 4.78 is 78.0.